The van der Waals surface area contributed by atoms with E-state index in [2.05, 4.69) is 15.9 Å². The molecule has 0 radical (unpaired) electrons. The zero-order chi connectivity index (χ0) is 16.5. The van der Waals surface area contributed by atoms with Gasteiger partial charge in [0.05, 0.1) is 6.04 Å². The number of cyclic esters (lactones) is 1. The molecule has 1 atom stereocenters. The van der Waals surface area contributed by atoms with Crippen molar-refractivity contribution in [3.8, 4) is 0 Å². The van der Waals surface area contributed by atoms with Gasteiger partial charge in [-0.1, -0.05) is 65.5 Å². The Kier molecular flexibility index (Phi) is 7.59. The molecule has 0 spiro atoms. The topological polar surface area (TPSA) is 46.6 Å². The molecule has 2 rings (SSSR count). The van der Waals surface area contributed by atoms with Gasteiger partial charge in [0.1, 0.15) is 6.61 Å². The second-order valence-corrected chi connectivity index (χ2v) is 6.68. The number of amides is 2. The van der Waals surface area contributed by atoms with Crippen LogP contribution in [-0.2, 0) is 16.0 Å². The van der Waals surface area contributed by atoms with E-state index >= 15 is 0 Å². The highest BCUT2D eigenvalue weighted by molar-refractivity contribution is 9.09. The lowest BCUT2D eigenvalue weighted by atomic mass is 10.1. The zero-order valence-electron chi connectivity index (χ0n) is 13.4. The van der Waals surface area contributed by atoms with Crippen LogP contribution in [0.4, 0.5) is 4.79 Å². The molecule has 1 heterocycles. The molecule has 0 bridgehead atoms. The highest BCUT2D eigenvalue weighted by atomic mass is 79.9. The van der Waals surface area contributed by atoms with Crippen LogP contribution in [0, 0.1) is 0 Å². The molecule has 1 aromatic rings. The summed E-state index contributed by atoms with van der Waals surface area (Å²) in [5, 5.41) is 1.03. The molecule has 5 heteroatoms. The Morgan fingerprint density at radius 2 is 1.83 bits per heavy atom. The predicted molar refractivity (Wildman–Crippen MR) is 93.6 cm³/mol. The van der Waals surface area contributed by atoms with Gasteiger partial charge in [-0.3, -0.25) is 4.79 Å². The van der Waals surface area contributed by atoms with Crippen LogP contribution in [-0.4, -0.2) is 34.9 Å². The summed E-state index contributed by atoms with van der Waals surface area (Å²) in [5.74, 6) is -0.103. The molecule has 1 aliphatic heterocycles. The summed E-state index contributed by atoms with van der Waals surface area (Å²) in [6, 6.07) is 9.73. The van der Waals surface area contributed by atoms with Gasteiger partial charge < -0.3 is 4.74 Å². The second-order valence-electron chi connectivity index (χ2n) is 5.89. The largest absolute Gasteiger partial charge is 0.447 e. The smallest absolute Gasteiger partial charge is 0.416 e. The van der Waals surface area contributed by atoms with Crippen molar-refractivity contribution < 1.29 is 14.3 Å². The second kappa shape index (κ2) is 9.71. The minimum absolute atomic E-state index is 0.103. The maximum Gasteiger partial charge on any atom is 0.416 e. The van der Waals surface area contributed by atoms with E-state index in [4.69, 9.17) is 4.74 Å². The van der Waals surface area contributed by atoms with Gasteiger partial charge in [-0.25, -0.2) is 9.69 Å². The fourth-order valence-electron chi connectivity index (χ4n) is 2.82. The number of ether oxygens (including phenoxy) is 1. The van der Waals surface area contributed by atoms with Gasteiger partial charge in [-0.2, -0.15) is 0 Å². The van der Waals surface area contributed by atoms with E-state index in [1.165, 1.54) is 17.7 Å². The number of hydrogen-bond acceptors (Lipinski definition) is 3. The summed E-state index contributed by atoms with van der Waals surface area (Å²) in [4.78, 5) is 25.6. The first-order valence-corrected chi connectivity index (χ1v) is 9.43. The van der Waals surface area contributed by atoms with Crippen molar-refractivity contribution in [1.29, 1.82) is 0 Å². The van der Waals surface area contributed by atoms with E-state index in [1.807, 2.05) is 30.3 Å². The van der Waals surface area contributed by atoms with Gasteiger partial charge in [-0.15, -0.1) is 0 Å². The maximum absolute atomic E-state index is 12.4. The van der Waals surface area contributed by atoms with E-state index in [0.29, 0.717) is 19.4 Å². The van der Waals surface area contributed by atoms with Crippen molar-refractivity contribution in [2.45, 2.75) is 51.0 Å². The molecule has 1 fully saturated rings. The van der Waals surface area contributed by atoms with Crippen molar-refractivity contribution in [3.05, 3.63) is 35.9 Å². The number of hydrogen-bond donors (Lipinski definition) is 0. The Morgan fingerprint density at radius 3 is 2.57 bits per heavy atom. The Labute approximate surface area is 146 Å². The van der Waals surface area contributed by atoms with Crippen molar-refractivity contribution in [3.63, 3.8) is 0 Å². The van der Waals surface area contributed by atoms with Crippen molar-refractivity contribution in [2.24, 2.45) is 0 Å². The molecule has 1 saturated heterocycles. The average Bonchev–Trinajstić information content (AvgIpc) is 2.92. The van der Waals surface area contributed by atoms with Gasteiger partial charge in [0.2, 0.25) is 5.91 Å². The van der Waals surface area contributed by atoms with Gasteiger partial charge in [0, 0.05) is 11.8 Å². The highest BCUT2D eigenvalue weighted by Crippen LogP contribution is 2.19. The third kappa shape index (κ3) is 5.65. The van der Waals surface area contributed by atoms with Gasteiger partial charge in [0.25, 0.3) is 0 Å². The molecular weight excluding hydrogens is 358 g/mol. The lowest BCUT2D eigenvalue weighted by Gasteiger charge is -2.19. The first-order chi connectivity index (χ1) is 11.2. The molecule has 2 amide bonds. The quantitative estimate of drug-likeness (QED) is 0.472. The van der Waals surface area contributed by atoms with Gasteiger partial charge in [-0.05, 0) is 24.8 Å². The van der Waals surface area contributed by atoms with Crippen LogP contribution in [0.2, 0.25) is 0 Å². The van der Waals surface area contributed by atoms with Crippen LogP contribution in [0.15, 0.2) is 30.3 Å². The lowest BCUT2D eigenvalue weighted by molar-refractivity contribution is -0.129. The number of benzene rings is 1. The number of carbonyl (C=O) groups is 2. The van der Waals surface area contributed by atoms with Gasteiger partial charge in [0.15, 0.2) is 0 Å². The fraction of sp³-hybridized carbons (Fsp3) is 0.556. The first-order valence-electron chi connectivity index (χ1n) is 8.31. The lowest BCUT2D eigenvalue weighted by Crippen LogP contribution is -2.40. The van der Waals surface area contributed by atoms with Crippen LogP contribution in [0.3, 0.4) is 0 Å². The number of alkyl halides is 1. The normalized spacial score (nSPS) is 17.3. The number of rotatable bonds is 9. The van der Waals surface area contributed by atoms with Crippen LogP contribution < -0.4 is 0 Å². The molecule has 0 N–H and O–H groups in total. The maximum atomic E-state index is 12.4. The van der Waals surface area contributed by atoms with Crippen molar-refractivity contribution in [2.75, 3.05) is 11.9 Å². The van der Waals surface area contributed by atoms with E-state index in [9.17, 15) is 9.59 Å². The zero-order valence-corrected chi connectivity index (χ0v) is 15.0. The molecule has 0 aliphatic carbocycles. The predicted octanol–water partition coefficient (Wildman–Crippen LogP) is 4.31. The molecule has 1 aliphatic rings. The molecule has 0 aromatic heterocycles. The summed E-state index contributed by atoms with van der Waals surface area (Å²) in [6.45, 7) is 0.296. The van der Waals surface area contributed by atoms with Crippen LogP contribution >= 0.6 is 15.9 Å². The van der Waals surface area contributed by atoms with E-state index < -0.39 is 6.09 Å². The molecular formula is C18H24BrNO3. The SMILES string of the molecule is O=C(CCCCCCCBr)N1C(=O)OC[C@H]1Cc1ccccc1. The summed E-state index contributed by atoms with van der Waals surface area (Å²) >= 11 is 3.41. The number of nitrogens with zero attached hydrogens (tertiary/aromatic N) is 1. The molecule has 23 heavy (non-hydrogen) atoms. The number of unbranched alkanes of at least 4 members (excludes halogenated alkanes) is 4. The Morgan fingerprint density at radius 1 is 1.13 bits per heavy atom. The van der Waals surface area contributed by atoms with E-state index in [-0.39, 0.29) is 11.9 Å². The third-order valence-corrected chi connectivity index (χ3v) is 4.63. The van der Waals surface area contributed by atoms with Gasteiger partial charge >= 0.3 is 6.09 Å². The average molecular weight is 382 g/mol. The third-order valence-electron chi connectivity index (χ3n) is 4.07. The van der Waals surface area contributed by atoms with Crippen LogP contribution in [0.25, 0.3) is 0 Å². The minimum atomic E-state index is -0.491. The van der Waals surface area contributed by atoms with Crippen molar-refractivity contribution in [1.82, 2.24) is 4.90 Å². The highest BCUT2D eigenvalue weighted by Gasteiger charge is 2.37. The molecule has 0 saturated carbocycles. The Balaban J connectivity index is 1.80. The Hall–Kier alpha value is -1.36. The first kappa shape index (κ1) is 18.0. The Bertz CT molecular complexity index is 506. The number of carbonyl (C=O) groups excluding carboxylic acids is 2. The molecule has 126 valence electrons. The summed E-state index contributed by atoms with van der Waals surface area (Å²) in [7, 11) is 0. The molecule has 1 aromatic carbocycles. The summed E-state index contributed by atoms with van der Waals surface area (Å²) in [6.07, 6.45) is 5.95. The standard InChI is InChI=1S/C18H24BrNO3/c19-12-8-3-1-2-7-11-17(21)20-16(14-23-18(20)22)13-15-9-5-4-6-10-15/h4-6,9-10,16H,1-3,7-8,11-14H2/t16-/m1/s1. The minimum Gasteiger partial charge on any atom is -0.447 e. The molecule has 0 unspecified atom stereocenters. The summed E-state index contributed by atoms with van der Waals surface area (Å²) < 4.78 is 5.09. The van der Waals surface area contributed by atoms with Crippen LogP contribution in [0.5, 0.6) is 0 Å². The van der Waals surface area contributed by atoms with E-state index in [0.717, 1.165) is 30.2 Å². The number of imide groups is 1. The summed E-state index contributed by atoms with van der Waals surface area (Å²) in [5.41, 5.74) is 1.11. The monoisotopic (exact) mass is 381 g/mol. The van der Waals surface area contributed by atoms with E-state index in [1.54, 1.807) is 0 Å². The molecule has 4 nitrogen and oxygen atoms in total. The van der Waals surface area contributed by atoms with Crippen molar-refractivity contribution >= 4 is 27.9 Å². The number of halogens is 1. The fourth-order valence-corrected chi connectivity index (χ4v) is 3.22. The van der Waals surface area contributed by atoms with Crippen LogP contribution in [0.1, 0.15) is 44.1 Å².